The number of rotatable bonds is 7. The summed E-state index contributed by atoms with van der Waals surface area (Å²) in [5.74, 6) is -0.188. The molecule has 0 radical (unpaired) electrons. The van der Waals surface area contributed by atoms with Gasteiger partial charge >= 0.3 is 0 Å². The molecule has 0 unspecified atom stereocenters. The molecular formula is C22H24ClN5O3. The van der Waals surface area contributed by atoms with Crippen molar-refractivity contribution >= 4 is 29.0 Å². The number of aromatic nitrogens is 2. The Morgan fingerprint density at radius 2 is 2.00 bits per heavy atom. The standard InChI is InChI=1S/C22H24ClN5O3/c1-13-6-4-7-15(23)19(13)28-12-26-20(24)18(22(28)30)21(29)27-16-8-5-9-17(31-3)14(16)10-11-25-2/h4-9,12,25H,10-11,24H2,1-3H3,(H,27,29). The highest BCUT2D eigenvalue weighted by Gasteiger charge is 2.21. The number of nitrogens with one attached hydrogen (secondary N) is 2. The quantitative estimate of drug-likeness (QED) is 0.520. The Morgan fingerprint density at radius 1 is 1.26 bits per heavy atom. The Morgan fingerprint density at radius 3 is 2.68 bits per heavy atom. The summed E-state index contributed by atoms with van der Waals surface area (Å²) in [6.45, 7) is 2.49. The van der Waals surface area contributed by atoms with E-state index in [-0.39, 0.29) is 11.4 Å². The van der Waals surface area contributed by atoms with Gasteiger partial charge in [-0.2, -0.15) is 0 Å². The Kier molecular flexibility index (Phi) is 6.94. The molecule has 0 saturated carbocycles. The Balaban J connectivity index is 2.05. The molecule has 4 N–H and O–H groups in total. The van der Waals surface area contributed by atoms with Crippen molar-refractivity contribution in [1.82, 2.24) is 14.9 Å². The van der Waals surface area contributed by atoms with E-state index in [1.807, 2.05) is 26.1 Å². The molecule has 8 nitrogen and oxygen atoms in total. The number of methoxy groups -OCH3 is 1. The van der Waals surface area contributed by atoms with Crippen LogP contribution in [0, 0.1) is 6.92 Å². The molecule has 3 rings (SSSR count). The van der Waals surface area contributed by atoms with Crippen LogP contribution in [0.3, 0.4) is 0 Å². The van der Waals surface area contributed by atoms with Crippen LogP contribution >= 0.6 is 11.6 Å². The second kappa shape index (κ2) is 9.63. The number of para-hydroxylation sites is 1. The van der Waals surface area contributed by atoms with E-state index >= 15 is 0 Å². The minimum absolute atomic E-state index is 0.164. The van der Waals surface area contributed by atoms with Crippen LogP contribution in [-0.2, 0) is 6.42 Å². The maximum atomic E-state index is 13.2. The maximum Gasteiger partial charge on any atom is 0.273 e. The zero-order chi connectivity index (χ0) is 22.5. The molecule has 2 aromatic carbocycles. The van der Waals surface area contributed by atoms with E-state index in [9.17, 15) is 9.59 Å². The van der Waals surface area contributed by atoms with Gasteiger partial charge in [0, 0.05) is 11.3 Å². The van der Waals surface area contributed by atoms with E-state index in [4.69, 9.17) is 22.1 Å². The molecule has 1 heterocycles. The number of nitrogen functional groups attached to an aromatic ring is 1. The molecular weight excluding hydrogens is 418 g/mol. The molecule has 0 spiro atoms. The molecule has 1 aromatic heterocycles. The molecule has 0 bridgehead atoms. The summed E-state index contributed by atoms with van der Waals surface area (Å²) in [5, 5.41) is 6.22. The fraction of sp³-hybridized carbons (Fsp3) is 0.227. The average molecular weight is 442 g/mol. The topological polar surface area (TPSA) is 111 Å². The summed E-state index contributed by atoms with van der Waals surface area (Å²) in [7, 11) is 3.40. The van der Waals surface area contributed by atoms with Gasteiger partial charge in [-0.3, -0.25) is 14.2 Å². The first-order valence-corrected chi connectivity index (χ1v) is 10.0. The molecule has 0 atom stereocenters. The lowest BCUT2D eigenvalue weighted by Gasteiger charge is -2.16. The molecule has 1 amide bonds. The lowest BCUT2D eigenvalue weighted by molar-refractivity contribution is 0.102. The molecule has 31 heavy (non-hydrogen) atoms. The normalized spacial score (nSPS) is 10.7. The van der Waals surface area contributed by atoms with Gasteiger partial charge < -0.3 is 21.1 Å². The van der Waals surface area contributed by atoms with E-state index in [1.165, 1.54) is 10.9 Å². The number of halogens is 1. The van der Waals surface area contributed by atoms with Gasteiger partial charge in [-0.15, -0.1) is 0 Å². The molecule has 3 aromatic rings. The predicted octanol–water partition coefficient (Wildman–Crippen LogP) is 2.80. The van der Waals surface area contributed by atoms with Gasteiger partial charge in [0.25, 0.3) is 11.5 Å². The highest BCUT2D eigenvalue weighted by atomic mass is 35.5. The number of hydrogen-bond acceptors (Lipinski definition) is 6. The molecule has 0 aliphatic carbocycles. The van der Waals surface area contributed by atoms with Crippen molar-refractivity contribution in [1.29, 1.82) is 0 Å². The zero-order valence-electron chi connectivity index (χ0n) is 17.5. The first-order valence-electron chi connectivity index (χ1n) is 9.63. The summed E-state index contributed by atoms with van der Waals surface area (Å²) in [4.78, 5) is 30.3. The number of carbonyl (C=O) groups is 1. The van der Waals surface area contributed by atoms with Crippen LogP contribution in [0.15, 0.2) is 47.5 Å². The number of ether oxygens (including phenoxy) is 1. The van der Waals surface area contributed by atoms with Crippen molar-refractivity contribution in [3.63, 3.8) is 0 Å². The third-order valence-corrected chi connectivity index (χ3v) is 5.19. The van der Waals surface area contributed by atoms with Crippen LogP contribution in [0.1, 0.15) is 21.5 Å². The number of nitrogens with two attached hydrogens (primary N) is 1. The zero-order valence-corrected chi connectivity index (χ0v) is 18.3. The molecule has 0 saturated heterocycles. The van der Waals surface area contributed by atoms with Gasteiger partial charge in [-0.25, -0.2) is 4.98 Å². The Bertz CT molecular complexity index is 1160. The van der Waals surface area contributed by atoms with Crippen LogP contribution < -0.4 is 26.7 Å². The van der Waals surface area contributed by atoms with E-state index in [1.54, 1.807) is 31.4 Å². The van der Waals surface area contributed by atoms with Crippen LogP contribution in [0.4, 0.5) is 11.5 Å². The number of hydrogen-bond donors (Lipinski definition) is 3. The fourth-order valence-corrected chi connectivity index (χ4v) is 3.65. The highest BCUT2D eigenvalue weighted by molar-refractivity contribution is 6.32. The van der Waals surface area contributed by atoms with Crippen LogP contribution in [-0.4, -0.2) is 36.2 Å². The lowest BCUT2D eigenvalue weighted by atomic mass is 10.1. The fourth-order valence-electron chi connectivity index (χ4n) is 3.33. The second-order valence-corrected chi connectivity index (χ2v) is 7.29. The van der Waals surface area contributed by atoms with Crippen molar-refractivity contribution in [2.75, 3.05) is 31.8 Å². The maximum absolute atomic E-state index is 13.2. The monoisotopic (exact) mass is 441 g/mol. The summed E-state index contributed by atoms with van der Waals surface area (Å²) < 4.78 is 6.66. The lowest BCUT2D eigenvalue weighted by Crippen LogP contribution is -2.31. The number of benzene rings is 2. The van der Waals surface area contributed by atoms with Gasteiger partial charge in [0.2, 0.25) is 0 Å². The van der Waals surface area contributed by atoms with Crippen molar-refractivity contribution in [3.8, 4) is 11.4 Å². The Hall–Kier alpha value is -3.36. The van der Waals surface area contributed by atoms with Crippen molar-refractivity contribution in [2.45, 2.75) is 13.3 Å². The molecule has 0 aliphatic rings. The van der Waals surface area contributed by atoms with Gasteiger partial charge in [0.05, 0.1) is 17.8 Å². The van der Waals surface area contributed by atoms with E-state index in [0.29, 0.717) is 35.1 Å². The van der Waals surface area contributed by atoms with Crippen LogP contribution in [0.5, 0.6) is 5.75 Å². The SMILES string of the molecule is CNCCc1c(NC(=O)c2c(N)ncn(-c3c(C)cccc3Cl)c2=O)cccc1OC. The third kappa shape index (κ3) is 4.55. The first-order chi connectivity index (χ1) is 14.9. The largest absolute Gasteiger partial charge is 0.496 e. The van der Waals surface area contributed by atoms with Gasteiger partial charge in [0.1, 0.15) is 23.5 Å². The summed E-state index contributed by atoms with van der Waals surface area (Å²) >= 11 is 6.30. The number of likely N-dealkylation sites (N-methyl/N-ethyl adjacent to an activating group) is 1. The number of nitrogens with zero attached hydrogens (tertiary/aromatic N) is 2. The first kappa shape index (κ1) is 22.3. The molecule has 0 fully saturated rings. The second-order valence-electron chi connectivity index (χ2n) is 6.88. The summed E-state index contributed by atoms with van der Waals surface area (Å²) in [6, 6.07) is 10.6. The number of amides is 1. The van der Waals surface area contributed by atoms with E-state index < -0.39 is 11.5 Å². The van der Waals surface area contributed by atoms with Crippen molar-refractivity contribution < 1.29 is 9.53 Å². The smallest absolute Gasteiger partial charge is 0.273 e. The Labute approximate surface area is 185 Å². The third-order valence-electron chi connectivity index (χ3n) is 4.88. The van der Waals surface area contributed by atoms with Gasteiger partial charge in [0.15, 0.2) is 0 Å². The number of aryl methyl sites for hydroxylation is 1. The van der Waals surface area contributed by atoms with Crippen LogP contribution in [0.2, 0.25) is 5.02 Å². The van der Waals surface area contributed by atoms with Crippen molar-refractivity contribution in [3.05, 3.63) is 74.8 Å². The predicted molar refractivity (Wildman–Crippen MR) is 123 cm³/mol. The average Bonchev–Trinajstić information content (AvgIpc) is 2.74. The number of anilines is 2. The van der Waals surface area contributed by atoms with Gasteiger partial charge in [-0.05, 0) is 50.7 Å². The summed E-state index contributed by atoms with van der Waals surface area (Å²) in [6.07, 6.45) is 1.88. The van der Waals surface area contributed by atoms with Crippen LogP contribution in [0.25, 0.3) is 5.69 Å². The minimum atomic E-state index is -0.659. The number of carbonyl (C=O) groups excluding carboxylic acids is 1. The molecule has 0 aliphatic heterocycles. The van der Waals surface area contributed by atoms with Gasteiger partial charge in [-0.1, -0.05) is 29.8 Å². The summed E-state index contributed by atoms with van der Waals surface area (Å²) in [5.41, 5.74) is 7.59. The molecule has 9 heteroatoms. The van der Waals surface area contributed by atoms with Crippen molar-refractivity contribution in [2.24, 2.45) is 0 Å². The van der Waals surface area contributed by atoms with E-state index in [2.05, 4.69) is 15.6 Å². The van der Waals surface area contributed by atoms with E-state index in [0.717, 1.165) is 11.1 Å². The molecule has 162 valence electrons. The highest BCUT2D eigenvalue weighted by Crippen LogP contribution is 2.28. The minimum Gasteiger partial charge on any atom is -0.496 e.